The lowest BCUT2D eigenvalue weighted by molar-refractivity contribution is -0.128. The lowest BCUT2D eigenvalue weighted by Crippen LogP contribution is -2.56. The van der Waals surface area contributed by atoms with Crippen LogP contribution in [0, 0.1) is 5.92 Å². The van der Waals surface area contributed by atoms with Gasteiger partial charge in [-0.25, -0.2) is 0 Å². The van der Waals surface area contributed by atoms with Gasteiger partial charge in [-0.3, -0.25) is 4.79 Å². The van der Waals surface area contributed by atoms with Gasteiger partial charge in [0.05, 0.1) is 18.2 Å². The van der Waals surface area contributed by atoms with Crippen LogP contribution in [0.2, 0.25) is 0 Å². The van der Waals surface area contributed by atoms with E-state index in [1.165, 1.54) is 6.42 Å². The minimum atomic E-state index is -0.657. The van der Waals surface area contributed by atoms with Crippen molar-refractivity contribution in [3.8, 4) is 0 Å². The molecule has 0 aromatic heterocycles. The average molecular weight is 242 g/mol. The summed E-state index contributed by atoms with van der Waals surface area (Å²) >= 11 is 0. The summed E-state index contributed by atoms with van der Waals surface area (Å²) in [6.07, 6.45) is 4.03. The number of ether oxygens (including phenoxy) is 1. The normalized spacial score (nSPS) is 29.4. The van der Waals surface area contributed by atoms with Gasteiger partial charge in [0, 0.05) is 6.54 Å². The lowest BCUT2D eigenvalue weighted by Gasteiger charge is -2.35. The molecule has 0 spiro atoms. The highest BCUT2D eigenvalue weighted by atomic mass is 16.5. The second kappa shape index (κ2) is 6.36. The van der Waals surface area contributed by atoms with Crippen LogP contribution in [-0.2, 0) is 9.53 Å². The Kier molecular flexibility index (Phi) is 5.40. The Balaban J connectivity index is 2.30. The van der Waals surface area contributed by atoms with Crippen molar-refractivity contribution in [2.75, 3.05) is 13.2 Å². The molecule has 0 aliphatic heterocycles. The van der Waals surface area contributed by atoms with Gasteiger partial charge in [0.1, 0.15) is 0 Å². The quantitative estimate of drug-likeness (QED) is 0.717. The van der Waals surface area contributed by atoms with Crippen molar-refractivity contribution in [3.63, 3.8) is 0 Å². The van der Waals surface area contributed by atoms with E-state index in [0.29, 0.717) is 19.1 Å². The van der Waals surface area contributed by atoms with Gasteiger partial charge in [0.25, 0.3) is 0 Å². The van der Waals surface area contributed by atoms with Crippen molar-refractivity contribution >= 4 is 5.91 Å². The first-order chi connectivity index (χ1) is 7.94. The van der Waals surface area contributed by atoms with Gasteiger partial charge in [-0.05, 0) is 32.6 Å². The van der Waals surface area contributed by atoms with Crippen LogP contribution in [0.25, 0.3) is 0 Å². The number of hydrogen-bond acceptors (Lipinski definition) is 3. The monoisotopic (exact) mass is 242 g/mol. The molecule has 17 heavy (non-hydrogen) atoms. The highest BCUT2D eigenvalue weighted by Crippen LogP contribution is 2.30. The number of nitrogens with two attached hydrogens (primary N) is 1. The van der Waals surface area contributed by atoms with E-state index in [0.717, 1.165) is 19.3 Å². The Bertz CT molecular complexity index is 256. The highest BCUT2D eigenvalue weighted by molar-refractivity contribution is 5.86. The SMILES string of the molecule is CC1CCCC(N)(C(=O)NCCOC(C)C)C1. The first kappa shape index (κ1) is 14.5. The first-order valence-electron chi connectivity index (χ1n) is 6.63. The molecule has 1 fully saturated rings. The van der Waals surface area contributed by atoms with Gasteiger partial charge in [0.15, 0.2) is 0 Å². The largest absolute Gasteiger partial charge is 0.377 e. The fraction of sp³-hybridized carbons (Fsp3) is 0.923. The van der Waals surface area contributed by atoms with Gasteiger partial charge in [-0.2, -0.15) is 0 Å². The molecule has 0 aromatic rings. The van der Waals surface area contributed by atoms with Crippen LogP contribution in [-0.4, -0.2) is 30.7 Å². The molecular weight excluding hydrogens is 216 g/mol. The van der Waals surface area contributed by atoms with E-state index in [1.807, 2.05) is 13.8 Å². The van der Waals surface area contributed by atoms with Crippen LogP contribution in [0.1, 0.15) is 46.5 Å². The zero-order valence-electron chi connectivity index (χ0n) is 11.3. The molecule has 4 heteroatoms. The van der Waals surface area contributed by atoms with Gasteiger partial charge in [-0.1, -0.05) is 19.8 Å². The Hall–Kier alpha value is -0.610. The van der Waals surface area contributed by atoms with E-state index in [4.69, 9.17) is 10.5 Å². The van der Waals surface area contributed by atoms with E-state index in [2.05, 4.69) is 12.2 Å². The maximum atomic E-state index is 12.0. The molecule has 0 saturated heterocycles. The van der Waals surface area contributed by atoms with Crippen molar-refractivity contribution in [3.05, 3.63) is 0 Å². The molecule has 2 atom stereocenters. The van der Waals surface area contributed by atoms with Gasteiger partial charge >= 0.3 is 0 Å². The third-order valence-electron chi connectivity index (χ3n) is 3.32. The standard InChI is InChI=1S/C13H26N2O2/c1-10(2)17-8-7-15-12(16)13(14)6-4-5-11(3)9-13/h10-11H,4-9,14H2,1-3H3,(H,15,16). The third-order valence-corrected chi connectivity index (χ3v) is 3.32. The summed E-state index contributed by atoms with van der Waals surface area (Å²) in [5, 5.41) is 2.88. The van der Waals surface area contributed by atoms with Crippen LogP contribution in [0.3, 0.4) is 0 Å². The molecule has 3 N–H and O–H groups in total. The molecule has 1 saturated carbocycles. The maximum absolute atomic E-state index is 12.0. The van der Waals surface area contributed by atoms with Crippen molar-refractivity contribution in [1.29, 1.82) is 0 Å². The molecule has 0 heterocycles. The van der Waals surface area contributed by atoms with Crippen molar-refractivity contribution in [2.24, 2.45) is 11.7 Å². The topological polar surface area (TPSA) is 64.4 Å². The Morgan fingerprint density at radius 3 is 2.88 bits per heavy atom. The second-order valence-corrected chi connectivity index (χ2v) is 5.53. The van der Waals surface area contributed by atoms with Crippen molar-refractivity contribution in [1.82, 2.24) is 5.32 Å². The second-order valence-electron chi connectivity index (χ2n) is 5.53. The molecule has 4 nitrogen and oxygen atoms in total. The minimum Gasteiger partial charge on any atom is -0.377 e. The molecule has 1 aliphatic rings. The first-order valence-corrected chi connectivity index (χ1v) is 6.63. The molecule has 100 valence electrons. The van der Waals surface area contributed by atoms with E-state index >= 15 is 0 Å². The van der Waals surface area contributed by atoms with Crippen LogP contribution in [0.4, 0.5) is 0 Å². The van der Waals surface area contributed by atoms with Crippen molar-refractivity contribution in [2.45, 2.75) is 58.1 Å². The molecule has 0 bridgehead atoms. The highest BCUT2D eigenvalue weighted by Gasteiger charge is 2.37. The van der Waals surface area contributed by atoms with E-state index in [-0.39, 0.29) is 12.0 Å². The Labute approximate surface area is 104 Å². The summed E-state index contributed by atoms with van der Waals surface area (Å²) < 4.78 is 5.38. The van der Waals surface area contributed by atoms with Gasteiger partial charge in [0.2, 0.25) is 5.91 Å². The van der Waals surface area contributed by atoms with Crippen LogP contribution in [0.15, 0.2) is 0 Å². The van der Waals surface area contributed by atoms with E-state index < -0.39 is 5.54 Å². The number of hydrogen-bond donors (Lipinski definition) is 2. The summed E-state index contributed by atoms with van der Waals surface area (Å²) in [6, 6.07) is 0. The third kappa shape index (κ3) is 4.64. The van der Waals surface area contributed by atoms with E-state index in [9.17, 15) is 4.79 Å². The maximum Gasteiger partial charge on any atom is 0.240 e. The molecule has 1 amide bonds. The molecule has 0 radical (unpaired) electrons. The Morgan fingerprint density at radius 1 is 1.59 bits per heavy atom. The fourth-order valence-corrected chi connectivity index (χ4v) is 2.43. The zero-order valence-corrected chi connectivity index (χ0v) is 11.3. The van der Waals surface area contributed by atoms with Crippen molar-refractivity contribution < 1.29 is 9.53 Å². The number of amides is 1. The summed E-state index contributed by atoms with van der Waals surface area (Å²) in [4.78, 5) is 12.0. The predicted octanol–water partition coefficient (Wildman–Crippen LogP) is 1.44. The average Bonchev–Trinajstić information content (AvgIpc) is 2.23. The molecular formula is C13H26N2O2. The molecule has 0 aromatic carbocycles. The molecule has 1 aliphatic carbocycles. The lowest BCUT2D eigenvalue weighted by atomic mass is 9.76. The zero-order chi connectivity index (χ0) is 12.9. The number of nitrogens with one attached hydrogen (secondary N) is 1. The summed E-state index contributed by atoms with van der Waals surface area (Å²) in [7, 11) is 0. The van der Waals surface area contributed by atoms with Crippen LogP contribution in [0.5, 0.6) is 0 Å². The van der Waals surface area contributed by atoms with Gasteiger partial charge < -0.3 is 15.8 Å². The molecule has 1 rings (SSSR count). The predicted molar refractivity (Wildman–Crippen MR) is 68.6 cm³/mol. The summed E-state index contributed by atoms with van der Waals surface area (Å²) in [5.74, 6) is 0.530. The fourth-order valence-electron chi connectivity index (χ4n) is 2.43. The Morgan fingerprint density at radius 2 is 2.29 bits per heavy atom. The summed E-state index contributed by atoms with van der Waals surface area (Å²) in [5.41, 5.74) is 5.52. The smallest absolute Gasteiger partial charge is 0.240 e. The van der Waals surface area contributed by atoms with Crippen LogP contribution >= 0.6 is 0 Å². The number of carbonyl (C=O) groups is 1. The van der Waals surface area contributed by atoms with Crippen LogP contribution < -0.4 is 11.1 Å². The number of rotatable bonds is 5. The minimum absolute atomic E-state index is 0.0172. The molecule has 2 unspecified atom stereocenters. The van der Waals surface area contributed by atoms with Gasteiger partial charge in [-0.15, -0.1) is 0 Å². The van der Waals surface area contributed by atoms with E-state index in [1.54, 1.807) is 0 Å². The number of carbonyl (C=O) groups excluding carboxylic acids is 1. The summed E-state index contributed by atoms with van der Waals surface area (Å²) in [6.45, 7) is 7.22.